The van der Waals surface area contributed by atoms with E-state index < -0.39 is 23.8 Å². The van der Waals surface area contributed by atoms with Gasteiger partial charge in [0.15, 0.2) is 0 Å². The number of hydrogen-bond acceptors (Lipinski definition) is 4. The minimum atomic E-state index is -0.976. The molecule has 0 radical (unpaired) electrons. The summed E-state index contributed by atoms with van der Waals surface area (Å²) < 4.78 is 0. The summed E-state index contributed by atoms with van der Waals surface area (Å²) in [5.74, 6) is -1.58. The van der Waals surface area contributed by atoms with Crippen molar-refractivity contribution < 1.29 is 19.6 Å². The molecule has 0 saturated heterocycles. The first-order chi connectivity index (χ1) is 13.4. The summed E-state index contributed by atoms with van der Waals surface area (Å²) in [7, 11) is 0. The maximum absolute atomic E-state index is 12.5. The van der Waals surface area contributed by atoms with Crippen LogP contribution in [0, 0.1) is 0 Å². The lowest BCUT2D eigenvalue weighted by Crippen LogP contribution is -2.45. The molecule has 2 aromatic carbocycles. The van der Waals surface area contributed by atoms with E-state index in [1.54, 1.807) is 42.5 Å². The summed E-state index contributed by atoms with van der Waals surface area (Å²) >= 11 is 11.9. The van der Waals surface area contributed by atoms with E-state index in [1.807, 2.05) is 0 Å². The number of carbonyl (C=O) groups excluding carboxylic acids is 3. The van der Waals surface area contributed by atoms with E-state index in [2.05, 4.69) is 10.6 Å². The second-order valence-electron chi connectivity index (χ2n) is 5.96. The summed E-state index contributed by atoms with van der Waals surface area (Å²) in [5.41, 5.74) is 2.61. The van der Waals surface area contributed by atoms with Crippen LogP contribution in [0.3, 0.4) is 0 Å². The molecule has 4 N–H and O–H groups in total. The van der Waals surface area contributed by atoms with Crippen LogP contribution >= 0.6 is 23.2 Å². The molecule has 2 aromatic rings. The number of halogens is 2. The van der Waals surface area contributed by atoms with E-state index in [4.69, 9.17) is 28.4 Å². The van der Waals surface area contributed by atoms with Gasteiger partial charge in [-0.15, -0.1) is 0 Å². The third kappa shape index (κ3) is 6.84. The van der Waals surface area contributed by atoms with Crippen molar-refractivity contribution in [2.45, 2.75) is 25.3 Å². The number of hydroxylamine groups is 1. The van der Waals surface area contributed by atoms with E-state index in [9.17, 15) is 14.4 Å². The maximum Gasteiger partial charge on any atom is 0.246 e. The first kappa shape index (κ1) is 21.7. The molecule has 0 heterocycles. The van der Waals surface area contributed by atoms with Gasteiger partial charge >= 0.3 is 0 Å². The quantitative estimate of drug-likeness (QED) is 0.386. The Hall–Kier alpha value is -2.61. The Bertz CT molecular complexity index is 846. The highest BCUT2D eigenvalue weighted by atomic mass is 35.5. The van der Waals surface area contributed by atoms with Gasteiger partial charge in [-0.25, -0.2) is 5.48 Å². The van der Waals surface area contributed by atoms with Crippen LogP contribution in [-0.2, 0) is 20.8 Å². The number of hydrogen-bond donors (Lipinski definition) is 4. The van der Waals surface area contributed by atoms with Gasteiger partial charge in [0.25, 0.3) is 0 Å². The lowest BCUT2D eigenvalue weighted by Gasteiger charge is -2.18. The van der Waals surface area contributed by atoms with E-state index in [-0.39, 0.29) is 19.3 Å². The standard InChI is InChI=1S/C19H19Cl2N3O4/c20-13-7-6-12(15(21)11-13)10-18(26)23-16(8-9-17(25)24-28)19(27)22-14-4-2-1-3-5-14/h1-7,11,16,28H,8-10H2,(H,22,27)(H,23,26)(H,24,25)/t16-/m0/s1. The molecule has 0 spiro atoms. The molecule has 28 heavy (non-hydrogen) atoms. The van der Waals surface area contributed by atoms with Gasteiger partial charge in [-0.3, -0.25) is 19.6 Å². The molecule has 148 valence electrons. The van der Waals surface area contributed by atoms with E-state index >= 15 is 0 Å². The molecule has 1 atom stereocenters. The maximum atomic E-state index is 12.5. The lowest BCUT2D eigenvalue weighted by atomic mass is 10.1. The molecular weight excluding hydrogens is 405 g/mol. The van der Waals surface area contributed by atoms with Gasteiger partial charge in [0.1, 0.15) is 6.04 Å². The van der Waals surface area contributed by atoms with Gasteiger partial charge in [-0.2, -0.15) is 0 Å². The highest BCUT2D eigenvalue weighted by Gasteiger charge is 2.22. The highest BCUT2D eigenvalue weighted by molar-refractivity contribution is 6.35. The van der Waals surface area contributed by atoms with Crippen molar-refractivity contribution >= 4 is 46.6 Å². The molecule has 2 rings (SSSR count). The molecule has 0 aliphatic heterocycles. The number of carbonyl (C=O) groups is 3. The number of nitrogens with one attached hydrogen (secondary N) is 3. The third-order valence-corrected chi connectivity index (χ3v) is 4.43. The van der Waals surface area contributed by atoms with Crippen LogP contribution in [0.25, 0.3) is 0 Å². The summed E-state index contributed by atoms with van der Waals surface area (Å²) in [6.45, 7) is 0. The second-order valence-corrected chi connectivity index (χ2v) is 6.81. The van der Waals surface area contributed by atoms with Gasteiger partial charge in [-0.1, -0.05) is 47.5 Å². The van der Waals surface area contributed by atoms with Crippen LogP contribution in [0.15, 0.2) is 48.5 Å². The Morgan fingerprint density at radius 3 is 2.36 bits per heavy atom. The molecule has 0 saturated carbocycles. The average molecular weight is 424 g/mol. The molecular formula is C19H19Cl2N3O4. The highest BCUT2D eigenvalue weighted by Crippen LogP contribution is 2.21. The number of anilines is 1. The van der Waals surface area contributed by atoms with E-state index in [0.29, 0.717) is 21.3 Å². The molecule has 0 aliphatic rings. The molecule has 0 aromatic heterocycles. The normalized spacial score (nSPS) is 11.4. The first-order valence-electron chi connectivity index (χ1n) is 8.41. The van der Waals surface area contributed by atoms with Gasteiger partial charge < -0.3 is 10.6 Å². The van der Waals surface area contributed by atoms with Crippen molar-refractivity contribution in [3.8, 4) is 0 Å². The molecule has 9 heteroatoms. The van der Waals surface area contributed by atoms with Crippen LogP contribution in [0.4, 0.5) is 5.69 Å². The van der Waals surface area contributed by atoms with Crippen LogP contribution in [0.2, 0.25) is 10.0 Å². The van der Waals surface area contributed by atoms with Gasteiger partial charge in [0, 0.05) is 22.2 Å². The van der Waals surface area contributed by atoms with Crippen molar-refractivity contribution in [2.24, 2.45) is 0 Å². The van der Waals surface area contributed by atoms with Crippen LogP contribution in [-0.4, -0.2) is 29.0 Å². The summed E-state index contributed by atoms with van der Waals surface area (Å²) in [4.78, 5) is 36.3. The SMILES string of the molecule is O=C(CC[C@H](NC(=O)Cc1ccc(Cl)cc1Cl)C(=O)Nc1ccccc1)NO. The monoisotopic (exact) mass is 423 g/mol. The predicted octanol–water partition coefficient (Wildman–Crippen LogP) is 2.95. The fraction of sp³-hybridized carbons (Fsp3) is 0.211. The van der Waals surface area contributed by atoms with Gasteiger partial charge in [-0.05, 0) is 36.2 Å². The van der Waals surface area contributed by atoms with Crippen LogP contribution in [0.1, 0.15) is 18.4 Å². The molecule has 0 aliphatic carbocycles. The van der Waals surface area contributed by atoms with Crippen molar-refractivity contribution in [1.29, 1.82) is 0 Å². The van der Waals surface area contributed by atoms with Gasteiger partial charge in [0.2, 0.25) is 17.7 Å². The summed E-state index contributed by atoms with van der Waals surface area (Å²) in [6.07, 6.45) is -0.201. The van der Waals surface area contributed by atoms with Crippen molar-refractivity contribution in [2.75, 3.05) is 5.32 Å². The van der Waals surface area contributed by atoms with Crippen LogP contribution in [0.5, 0.6) is 0 Å². The second kappa shape index (κ2) is 10.7. The Kier molecular flexibility index (Phi) is 8.25. The first-order valence-corrected chi connectivity index (χ1v) is 9.16. The number of benzene rings is 2. The van der Waals surface area contributed by atoms with Crippen LogP contribution < -0.4 is 16.1 Å². The topological polar surface area (TPSA) is 108 Å². The van der Waals surface area contributed by atoms with Crippen molar-refractivity contribution in [1.82, 2.24) is 10.8 Å². The summed E-state index contributed by atoms with van der Waals surface area (Å²) in [5, 5.41) is 14.7. The minimum Gasteiger partial charge on any atom is -0.344 e. The fourth-order valence-corrected chi connectivity index (χ4v) is 2.91. The molecule has 0 fully saturated rings. The van der Waals surface area contributed by atoms with E-state index in [1.165, 1.54) is 11.5 Å². The molecule has 7 nitrogen and oxygen atoms in total. The van der Waals surface area contributed by atoms with Crippen molar-refractivity contribution in [3.63, 3.8) is 0 Å². The molecule has 0 unspecified atom stereocenters. The Morgan fingerprint density at radius 1 is 1.00 bits per heavy atom. The molecule has 3 amide bonds. The number of amides is 3. The zero-order valence-electron chi connectivity index (χ0n) is 14.7. The Morgan fingerprint density at radius 2 is 1.71 bits per heavy atom. The Balaban J connectivity index is 2.05. The zero-order chi connectivity index (χ0) is 20.5. The third-order valence-electron chi connectivity index (χ3n) is 3.84. The smallest absolute Gasteiger partial charge is 0.246 e. The largest absolute Gasteiger partial charge is 0.344 e. The Labute approximate surface area is 172 Å². The fourth-order valence-electron chi connectivity index (χ4n) is 2.43. The summed E-state index contributed by atoms with van der Waals surface area (Å²) in [6, 6.07) is 12.5. The predicted molar refractivity (Wildman–Crippen MR) is 106 cm³/mol. The number of rotatable bonds is 8. The zero-order valence-corrected chi connectivity index (χ0v) is 16.3. The molecule has 0 bridgehead atoms. The van der Waals surface area contributed by atoms with Gasteiger partial charge in [0.05, 0.1) is 6.42 Å². The number of para-hydroxylation sites is 1. The van der Waals surface area contributed by atoms with E-state index in [0.717, 1.165) is 0 Å². The van der Waals surface area contributed by atoms with Crippen molar-refractivity contribution in [3.05, 3.63) is 64.1 Å². The lowest BCUT2D eigenvalue weighted by molar-refractivity contribution is -0.130. The average Bonchev–Trinajstić information content (AvgIpc) is 2.67. The minimum absolute atomic E-state index is 0.00511.